The molecule has 24 heavy (non-hydrogen) atoms. The molecule has 2 aromatic rings. The standard InChI is InChI=1S/C20H22FNO2/c1-14-4-2-3-5-16(14)12-20(24)22(18-10-11-18)13-19(23)15-6-8-17(21)9-7-15/h2-9,18-19,23H,10-13H2,1H3. The molecule has 126 valence electrons. The van der Waals surface area contributed by atoms with Crippen LogP contribution in [0.1, 0.15) is 35.6 Å². The third-order valence-electron chi connectivity index (χ3n) is 4.54. The van der Waals surface area contributed by atoms with Gasteiger partial charge in [-0.1, -0.05) is 36.4 Å². The fourth-order valence-electron chi connectivity index (χ4n) is 2.89. The van der Waals surface area contributed by atoms with Crippen LogP contribution in [0.3, 0.4) is 0 Å². The smallest absolute Gasteiger partial charge is 0.227 e. The van der Waals surface area contributed by atoms with Crippen LogP contribution in [-0.2, 0) is 11.2 Å². The Bertz CT molecular complexity index is 710. The van der Waals surface area contributed by atoms with Crippen LogP contribution < -0.4 is 0 Å². The van der Waals surface area contributed by atoms with Gasteiger partial charge in [-0.25, -0.2) is 4.39 Å². The lowest BCUT2D eigenvalue weighted by Gasteiger charge is -2.26. The maximum absolute atomic E-state index is 13.0. The van der Waals surface area contributed by atoms with E-state index in [-0.39, 0.29) is 24.3 Å². The number of amides is 1. The minimum Gasteiger partial charge on any atom is -0.387 e. The molecule has 0 saturated heterocycles. The summed E-state index contributed by atoms with van der Waals surface area (Å²) >= 11 is 0. The minimum absolute atomic E-state index is 0.0351. The molecule has 3 nitrogen and oxygen atoms in total. The Morgan fingerprint density at radius 2 is 1.88 bits per heavy atom. The van der Waals surface area contributed by atoms with Crippen LogP contribution in [0.4, 0.5) is 4.39 Å². The van der Waals surface area contributed by atoms with Gasteiger partial charge in [0.25, 0.3) is 0 Å². The zero-order valence-corrected chi connectivity index (χ0v) is 13.8. The lowest BCUT2D eigenvalue weighted by molar-refractivity contribution is -0.132. The van der Waals surface area contributed by atoms with Gasteiger partial charge in [-0.2, -0.15) is 0 Å². The highest BCUT2D eigenvalue weighted by Crippen LogP contribution is 2.30. The zero-order chi connectivity index (χ0) is 17.1. The maximum Gasteiger partial charge on any atom is 0.227 e. The number of hydrogen-bond acceptors (Lipinski definition) is 2. The largest absolute Gasteiger partial charge is 0.387 e. The second-order valence-electron chi connectivity index (χ2n) is 6.45. The first kappa shape index (κ1) is 16.7. The van der Waals surface area contributed by atoms with Gasteiger partial charge < -0.3 is 10.0 Å². The van der Waals surface area contributed by atoms with Crippen molar-refractivity contribution in [3.05, 3.63) is 71.0 Å². The minimum atomic E-state index is -0.799. The molecule has 0 aromatic heterocycles. The van der Waals surface area contributed by atoms with Crippen molar-refractivity contribution in [2.45, 2.75) is 38.3 Å². The molecule has 1 atom stereocenters. The third-order valence-corrected chi connectivity index (χ3v) is 4.54. The summed E-state index contributed by atoms with van der Waals surface area (Å²) in [4.78, 5) is 14.5. The van der Waals surface area contributed by atoms with Crippen LogP contribution >= 0.6 is 0 Å². The molecule has 1 amide bonds. The van der Waals surface area contributed by atoms with Gasteiger partial charge in [0, 0.05) is 6.04 Å². The summed E-state index contributed by atoms with van der Waals surface area (Å²) in [6.07, 6.45) is 1.51. The molecule has 0 radical (unpaired) electrons. The van der Waals surface area contributed by atoms with E-state index in [0.29, 0.717) is 12.0 Å². The highest BCUT2D eigenvalue weighted by atomic mass is 19.1. The summed E-state index contributed by atoms with van der Waals surface area (Å²) in [7, 11) is 0. The van der Waals surface area contributed by atoms with Crippen LogP contribution in [0.15, 0.2) is 48.5 Å². The van der Waals surface area contributed by atoms with Gasteiger partial charge in [0.1, 0.15) is 5.82 Å². The number of carbonyl (C=O) groups is 1. The molecule has 0 heterocycles. The number of hydrogen-bond donors (Lipinski definition) is 1. The molecular formula is C20H22FNO2. The van der Waals surface area contributed by atoms with E-state index in [0.717, 1.165) is 24.0 Å². The molecule has 1 aliphatic rings. The molecule has 1 unspecified atom stereocenters. The molecule has 1 saturated carbocycles. The van der Waals surface area contributed by atoms with E-state index in [1.54, 1.807) is 17.0 Å². The van der Waals surface area contributed by atoms with Crippen LogP contribution in [-0.4, -0.2) is 28.5 Å². The number of nitrogens with zero attached hydrogens (tertiary/aromatic N) is 1. The fraction of sp³-hybridized carbons (Fsp3) is 0.350. The third kappa shape index (κ3) is 4.01. The number of aliphatic hydroxyl groups is 1. The second kappa shape index (κ2) is 7.14. The van der Waals surface area contributed by atoms with Crippen molar-refractivity contribution in [1.82, 2.24) is 4.90 Å². The summed E-state index contributed by atoms with van der Waals surface area (Å²) in [5.41, 5.74) is 2.75. The van der Waals surface area contributed by atoms with Crippen molar-refractivity contribution in [1.29, 1.82) is 0 Å². The van der Waals surface area contributed by atoms with E-state index in [1.807, 2.05) is 31.2 Å². The summed E-state index contributed by atoms with van der Waals surface area (Å²) in [5, 5.41) is 10.4. The molecule has 1 N–H and O–H groups in total. The van der Waals surface area contributed by atoms with E-state index in [4.69, 9.17) is 0 Å². The molecular weight excluding hydrogens is 305 g/mol. The van der Waals surface area contributed by atoms with E-state index < -0.39 is 6.10 Å². The predicted octanol–water partition coefficient (Wildman–Crippen LogP) is 3.40. The summed E-state index contributed by atoms with van der Waals surface area (Å²) in [5.74, 6) is -0.298. The normalized spacial score (nSPS) is 15.1. The van der Waals surface area contributed by atoms with Crippen LogP contribution in [0.25, 0.3) is 0 Å². The quantitative estimate of drug-likeness (QED) is 0.883. The maximum atomic E-state index is 13.0. The van der Waals surface area contributed by atoms with Crippen LogP contribution in [0, 0.1) is 12.7 Å². The monoisotopic (exact) mass is 327 g/mol. The van der Waals surface area contributed by atoms with E-state index in [1.165, 1.54) is 12.1 Å². The first-order chi connectivity index (χ1) is 11.5. The lowest BCUT2D eigenvalue weighted by atomic mass is 10.0. The lowest BCUT2D eigenvalue weighted by Crippen LogP contribution is -2.37. The molecule has 0 spiro atoms. The van der Waals surface area contributed by atoms with Gasteiger partial charge in [0.15, 0.2) is 0 Å². The van der Waals surface area contributed by atoms with E-state index >= 15 is 0 Å². The Morgan fingerprint density at radius 1 is 1.21 bits per heavy atom. The summed E-state index contributed by atoms with van der Waals surface area (Å²) in [6, 6.07) is 13.9. The fourth-order valence-corrected chi connectivity index (χ4v) is 2.89. The SMILES string of the molecule is Cc1ccccc1CC(=O)N(CC(O)c1ccc(F)cc1)C1CC1. The molecule has 3 rings (SSSR count). The molecule has 1 aliphatic carbocycles. The van der Waals surface area contributed by atoms with Crippen LogP contribution in [0.2, 0.25) is 0 Å². The predicted molar refractivity (Wildman–Crippen MR) is 91.0 cm³/mol. The Balaban J connectivity index is 1.69. The number of benzene rings is 2. The summed E-state index contributed by atoms with van der Waals surface area (Å²) in [6.45, 7) is 2.25. The Labute approximate surface area is 141 Å². The van der Waals surface area contributed by atoms with Crippen molar-refractivity contribution in [3.63, 3.8) is 0 Å². The first-order valence-electron chi connectivity index (χ1n) is 8.32. The van der Waals surface area contributed by atoms with Crippen molar-refractivity contribution in [2.24, 2.45) is 0 Å². The second-order valence-corrected chi connectivity index (χ2v) is 6.45. The average Bonchev–Trinajstić information content (AvgIpc) is 3.40. The van der Waals surface area contributed by atoms with Gasteiger partial charge >= 0.3 is 0 Å². The van der Waals surface area contributed by atoms with Crippen molar-refractivity contribution < 1.29 is 14.3 Å². The zero-order valence-electron chi connectivity index (χ0n) is 13.8. The first-order valence-corrected chi connectivity index (χ1v) is 8.32. The van der Waals surface area contributed by atoms with Gasteiger partial charge in [-0.05, 0) is 48.6 Å². The Morgan fingerprint density at radius 3 is 2.50 bits per heavy atom. The number of aliphatic hydroxyl groups excluding tert-OH is 1. The van der Waals surface area contributed by atoms with Gasteiger partial charge in [-0.3, -0.25) is 4.79 Å². The molecule has 0 bridgehead atoms. The number of halogens is 1. The summed E-state index contributed by atoms with van der Waals surface area (Å²) < 4.78 is 13.0. The molecule has 4 heteroatoms. The number of carbonyl (C=O) groups excluding carboxylic acids is 1. The van der Waals surface area contributed by atoms with Gasteiger partial charge in [-0.15, -0.1) is 0 Å². The van der Waals surface area contributed by atoms with Crippen LogP contribution in [0.5, 0.6) is 0 Å². The Hall–Kier alpha value is -2.20. The highest BCUT2D eigenvalue weighted by molar-refractivity contribution is 5.79. The van der Waals surface area contributed by atoms with E-state index in [9.17, 15) is 14.3 Å². The van der Waals surface area contributed by atoms with Gasteiger partial charge in [0.2, 0.25) is 5.91 Å². The van der Waals surface area contributed by atoms with Crippen molar-refractivity contribution in [3.8, 4) is 0 Å². The van der Waals surface area contributed by atoms with Gasteiger partial charge in [0.05, 0.1) is 19.1 Å². The number of aryl methyl sites for hydroxylation is 1. The number of rotatable bonds is 6. The molecule has 0 aliphatic heterocycles. The van der Waals surface area contributed by atoms with Crippen molar-refractivity contribution >= 4 is 5.91 Å². The van der Waals surface area contributed by atoms with E-state index in [2.05, 4.69) is 0 Å². The topological polar surface area (TPSA) is 40.5 Å². The average molecular weight is 327 g/mol. The highest BCUT2D eigenvalue weighted by Gasteiger charge is 2.33. The molecule has 1 fully saturated rings. The Kier molecular flexibility index (Phi) is 4.95. The van der Waals surface area contributed by atoms with Crippen molar-refractivity contribution in [2.75, 3.05) is 6.54 Å². The molecule has 2 aromatic carbocycles.